The van der Waals surface area contributed by atoms with Gasteiger partial charge in [0.25, 0.3) is 0 Å². The van der Waals surface area contributed by atoms with Gasteiger partial charge in [-0.05, 0) is 6.42 Å². The predicted molar refractivity (Wildman–Crippen MR) is 55.7 cm³/mol. The van der Waals surface area contributed by atoms with Crippen LogP contribution in [-0.4, -0.2) is 37.0 Å². The van der Waals surface area contributed by atoms with Gasteiger partial charge in [0.15, 0.2) is 4.90 Å². The molecule has 0 saturated carbocycles. The van der Waals surface area contributed by atoms with E-state index in [4.69, 9.17) is 0 Å². The van der Waals surface area contributed by atoms with E-state index in [2.05, 4.69) is 0 Å². The summed E-state index contributed by atoms with van der Waals surface area (Å²) in [6.45, 7) is -0.252. The van der Waals surface area contributed by atoms with Crippen LogP contribution in [0.25, 0.3) is 0 Å². The van der Waals surface area contributed by atoms with Crippen LogP contribution in [0.4, 0.5) is 13.2 Å². The maximum Gasteiger partial charge on any atom is 0.249 e. The fourth-order valence-corrected chi connectivity index (χ4v) is 3.42. The maximum atomic E-state index is 13.4. The fourth-order valence-electron chi connectivity index (χ4n) is 1.83. The summed E-state index contributed by atoms with van der Waals surface area (Å²) in [7, 11) is -4.39. The molecule has 1 atom stereocenters. The Bertz CT molecular complexity index is 553. The highest BCUT2D eigenvalue weighted by molar-refractivity contribution is 7.89. The van der Waals surface area contributed by atoms with Crippen molar-refractivity contribution < 1.29 is 26.7 Å². The van der Waals surface area contributed by atoms with E-state index in [-0.39, 0.29) is 19.5 Å². The summed E-state index contributed by atoms with van der Waals surface area (Å²) in [4.78, 5) is -1.18. The molecule has 1 aliphatic rings. The number of benzene rings is 1. The van der Waals surface area contributed by atoms with Gasteiger partial charge in [-0.25, -0.2) is 21.6 Å². The van der Waals surface area contributed by atoms with Crippen LogP contribution in [0.1, 0.15) is 6.42 Å². The van der Waals surface area contributed by atoms with E-state index in [1.54, 1.807) is 0 Å². The molecular weight excluding hydrogens is 271 g/mol. The Morgan fingerprint density at radius 1 is 1.22 bits per heavy atom. The van der Waals surface area contributed by atoms with Crippen molar-refractivity contribution in [3.05, 3.63) is 29.6 Å². The number of aliphatic hydroxyl groups is 1. The Morgan fingerprint density at radius 3 is 2.22 bits per heavy atom. The summed E-state index contributed by atoms with van der Waals surface area (Å²) in [5, 5.41) is 9.24. The lowest BCUT2D eigenvalue weighted by Gasteiger charge is -2.16. The first-order chi connectivity index (χ1) is 8.32. The second-order valence-corrected chi connectivity index (χ2v) is 5.88. The van der Waals surface area contributed by atoms with E-state index in [9.17, 15) is 26.7 Å². The lowest BCUT2D eigenvalue weighted by atomic mass is 10.3. The monoisotopic (exact) mass is 281 g/mol. The topological polar surface area (TPSA) is 57.6 Å². The molecular formula is C10H10F3NO3S. The Hall–Kier alpha value is -1.12. The van der Waals surface area contributed by atoms with Crippen LogP contribution >= 0.6 is 0 Å². The second-order valence-electron chi connectivity index (χ2n) is 4.00. The largest absolute Gasteiger partial charge is 0.392 e. The van der Waals surface area contributed by atoms with Gasteiger partial charge in [0, 0.05) is 25.2 Å². The van der Waals surface area contributed by atoms with Crippen molar-refractivity contribution in [2.75, 3.05) is 13.1 Å². The number of rotatable bonds is 2. The van der Waals surface area contributed by atoms with Gasteiger partial charge in [0.05, 0.1) is 6.10 Å². The van der Waals surface area contributed by atoms with Crippen molar-refractivity contribution in [2.24, 2.45) is 0 Å². The van der Waals surface area contributed by atoms with Crippen molar-refractivity contribution >= 4 is 10.0 Å². The van der Waals surface area contributed by atoms with Crippen molar-refractivity contribution in [1.82, 2.24) is 4.31 Å². The maximum absolute atomic E-state index is 13.4. The average Bonchev–Trinajstić information content (AvgIpc) is 2.63. The number of nitrogens with zero attached hydrogens (tertiary/aromatic N) is 1. The molecule has 1 fully saturated rings. The molecule has 1 saturated heterocycles. The van der Waals surface area contributed by atoms with Gasteiger partial charge in [-0.3, -0.25) is 0 Å². The Balaban J connectivity index is 2.48. The van der Waals surface area contributed by atoms with Crippen LogP contribution in [0.3, 0.4) is 0 Å². The molecule has 4 nitrogen and oxygen atoms in total. The van der Waals surface area contributed by atoms with Gasteiger partial charge in [0.2, 0.25) is 10.0 Å². The smallest absolute Gasteiger partial charge is 0.249 e. The normalized spacial score (nSPS) is 21.4. The molecule has 0 unspecified atom stereocenters. The zero-order valence-electron chi connectivity index (χ0n) is 9.11. The molecule has 0 aromatic heterocycles. The van der Waals surface area contributed by atoms with Gasteiger partial charge < -0.3 is 5.11 Å². The minimum absolute atomic E-state index is 0.0280. The summed E-state index contributed by atoms with van der Waals surface area (Å²) in [6.07, 6.45) is -0.657. The third-order valence-electron chi connectivity index (χ3n) is 2.69. The molecule has 0 aliphatic carbocycles. The summed E-state index contributed by atoms with van der Waals surface area (Å²) in [5.41, 5.74) is 0. The van der Waals surface area contributed by atoms with E-state index >= 15 is 0 Å². The summed E-state index contributed by atoms with van der Waals surface area (Å²) in [6, 6.07) is 0.616. The average molecular weight is 281 g/mol. The molecule has 100 valence electrons. The quantitative estimate of drug-likeness (QED) is 0.874. The number of hydrogen-bond donors (Lipinski definition) is 1. The summed E-state index contributed by atoms with van der Waals surface area (Å²) < 4.78 is 64.2. The molecule has 18 heavy (non-hydrogen) atoms. The van der Waals surface area contributed by atoms with Crippen LogP contribution in [0.5, 0.6) is 0 Å². The highest BCUT2D eigenvalue weighted by Gasteiger charge is 2.35. The van der Waals surface area contributed by atoms with E-state index in [1.165, 1.54) is 0 Å². The first-order valence-corrected chi connectivity index (χ1v) is 6.59. The minimum Gasteiger partial charge on any atom is -0.392 e. The highest BCUT2D eigenvalue weighted by atomic mass is 32.2. The number of aliphatic hydroxyl groups excluding tert-OH is 1. The van der Waals surface area contributed by atoms with E-state index in [0.717, 1.165) is 4.31 Å². The lowest BCUT2D eigenvalue weighted by molar-refractivity contribution is 0.189. The molecule has 0 amide bonds. The van der Waals surface area contributed by atoms with Gasteiger partial charge in [-0.2, -0.15) is 4.31 Å². The molecule has 1 aromatic carbocycles. The highest BCUT2D eigenvalue weighted by Crippen LogP contribution is 2.26. The molecule has 0 spiro atoms. The fraction of sp³-hybridized carbons (Fsp3) is 0.400. The van der Waals surface area contributed by atoms with E-state index < -0.39 is 38.5 Å². The van der Waals surface area contributed by atoms with Gasteiger partial charge in [-0.15, -0.1) is 0 Å². The molecule has 1 heterocycles. The number of hydrogen-bond acceptors (Lipinski definition) is 3. The van der Waals surface area contributed by atoms with Gasteiger partial charge in [-0.1, -0.05) is 0 Å². The Morgan fingerprint density at radius 2 is 1.78 bits per heavy atom. The van der Waals surface area contributed by atoms with Gasteiger partial charge in [0.1, 0.15) is 17.5 Å². The zero-order valence-corrected chi connectivity index (χ0v) is 9.92. The van der Waals surface area contributed by atoms with Crippen LogP contribution in [0.15, 0.2) is 17.0 Å². The van der Waals surface area contributed by atoms with Gasteiger partial charge >= 0.3 is 0 Å². The predicted octanol–water partition coefficient (Wildman–Crippen LogP) is 0.859. The number of halogens is 3. The summed E-state index contributed by atoms with van der Waals surface area (Å²) >= 11 is 0. The number of β-amino-alcohol motifs (C(OH)–C–C–N with tert-alkyl or cyclic N) is 1. The zero-order chi connectivity index (χ0) is 13.5. The molecule has 0 radical (unpaired) electrons. The third-order valence-corrected chi connectivity index (χ3v) is 4.60. The SMILES string of the molecule is O=S(=O)(c1c(F)cc(F)cc1F)N1CC[C@H](O)C1. The van der Waals surface area contributed by atoms with Crippen LogP contribution < -0.4 is 0 Å². The Kier molecular flexibility index (Phi) is 3.35. The molecule has 2 rings (SSSR count). The van der Waals surface area contributed by atoms with E-state index in [1.807, 2.05) is 0 Å². The summed E-state index contributed by atoms with van der Waals surface area (Å²) in [5.74, 6) is -4.15. The lowest BCUT2D eigenvalue weighted by Crippen LogP contribution is -2.31. The molecule has 1 N–H and O–H groups in total. The molecule has 1 aliphatic heterocycles. The molecule has 1 aromatic rings. The van der Waals surface area contributed by atoms with Crippen molar-refractivity contribution in [3.8, 4) is 0 Å². The number of sulfonamides is 1. The second kappa shape index (κ2) is 4.52. The third kappa shape index (κ3) is 2.23. The molecule has 8 heteroatoms. The van der Waals surface area contributed by atoms with Crippen LogP contribution in [0, 0.1) is 17.5 Å². The van der Waals surface area contributed by atoms with Crippen molar-refractivity contribution in [3.63, 3.8) is 0 Å². The van der Waals surface area contributed by atoms with E-state index in [0.29, 0.717) is 12.1 Å². The Labute approximate surface area is 102 Å². The first kappa shape index (κ1) is 13.3. The van der Waals surface area contributed by atoms with Crippen molar-refractivity contribution in [2.45, 2.75) is 17.4 Å². The molecule has 0 bridgehead atoms. The minimum atomic E-state index is -4.39. The standard InChI is InChI=1S/C10H10F3NO3S/c11-6-3-8(12)10(9(13)4-6)18(16,17)14-2-1-7(15)5-14/h3-4,7,15H,1-2,5H2/t7-/m0/s1. The van der Waals surface area contributed by atoms with Crippen LogP contribution in [0.2, 0.25) is 0 Å². The first-order valence-electron chi connectivity index (χ1n) is 5.15. The van der Waals surface area contributed by atoms with Crippen LogP contribution in [-0.2, 0) is 10.0 Å². The van der Waals surface area contributed by atoms with Crippen molar-refractivity contribution in [1.29, 1.82) is 0 Å².